The highest BCUT2D eigenvalue weighted by Gasteiger charge is 2.35. The molecule has 3 rings (SSSR count). The molecule has 142 valence electrons. The Kier molecular flexibility index (Phi) is 5.32. The lowest BCUT2D eigenvalue weighted by Gasteiger charge is -2.23. The summed E-state index contributed by atoms with van der Waals surface area (Å²) in [5, 5.41) is 0. The highest BCUT2D eigenvalue weighted by atomic mass is 19.4. The fraction of sp³-hybridized carbons (Fsp3) is 0.300. The number of alkyl halides is 3. The van der Waals surface area contributed by atoms with Gasteiger partial charge in [0.2, 0.25) is 5.78 Å². The van der Waals surface area contributed by atoms with Crippen LogP contribution in [0.25, 0.3) is 0 Å². The topological polar surface area (TPSA) is 46.6 Å². The van der Waals surface area contributed by atoms with Gasteiger partial charge in [0, 0.05) is 13.1 Å². The Morgan fingerprint density at radius 2 is 2.00 bits per heavy atom. The minimum Gasteiger partial charge on any atom is -0.484 e. The van der Waals surface area contributed by atoms with E-state index in [-0.39, 0.29) is 5.75 Å². The molecule has 0 bridgehead atoms. The smallest absolute Gasteiger partial charge is 0.422 e. The van der Waals surface area contributed by atoms with Gasteiger partial charge >= 0.3 is 6.18 Å². The van der Waals surface area contributed by atoms with Crippen LogP contribution in [0.5, 0.6) is 5.75 Å². The first-order chi connectivity index (χ1) is 12.8. The van der Waals surface area contributed by atoms with Crippen molar-refractivity contribution in [1.82, 2.24) is 4.90 Å². The van der Waals surface area contributed by atoms with Crippen LogP contribution in [0.4, 0.5) is 13.2 Å². The van der Waals surface area contributed by atoms with Crippen LogP contribution in [0.1, 0.15) is 28.3 Å². The van der Waals surface area contributed by atoms with E-state index in [1.165, 1.54) is 6.07 Å². The molecule has 1 atom stereocenters. The number of benzene rings is 2. The van der Waals surface area contributed by atoms with E-state index in [9.17, 15) is 22.8 Å². The number of nitrogens with zero attached hydrogens (tertiary/aromatic N) is 1. The van der Waals surface area contributed by atoms with Crippen molar-refractivity contribution in [3.63, 3.8) is 0 Å². The summed E-state index contributed by atoms with van der Waals surface area (Å²) < 4.78 is 41.8. The lowest BCUT2D eigenvalue weighted by molar-refractivity contribution is -0.153. The number of halogens is 3. The van der Waals surface area contributed by atoms with Crippen molar-refractivity contribution in [2.24, 2.45) is 0 Å². The first-order valence-electron chi connectivity index (χ1n) is 8.38. The van der Waals surface area contributed by atoms with Gasteiger partial charge in [0.15, 0.2) is 12.9 Å². The molecule has 0 saturated heterocycles. The van der Waals surface area contributed by atoms with Gasteiger partial charge < -0.3 is 4.74 Å². The average molecular weight is 377 g/mol. The molecule has 0 aromatic heterocycles. The lowest BCUT2D eigenvalue weighted by atomic mass is 10.0. The molecule has 0 N–H and O–H groups in total. The molecule has 0 radical (unpaired) electrons. The molecular weight excluding hydrogens is 359 g/mol. The summed E-state index contributed by atoms with van der Waals surface area (Å²) in [5.41, 5.74) is 3.20. The third kappa shape index (κ3) is 4.36. The number of carbonyl (C=O) groups is 2. The summed E-state index contributed by atoms with van der Waals surface area (Å²) in [5.74, 6) is -0.344. The van der Waals surface area contributed by atoms with Crippen molar-refractivity contribution in [2.45, 2.75) is 32.2 Å². The molecule has 1 unspecified atom stereocenters. The van der Waals surface area contributed by atoms with Crippen LogP contribution in [0.3, 0.4) is 0 Å². The highest BCUT2D eigenvalue weighted by molar-refractivity contribution is 6.27. The van der Waals surface area contributed by atoms with Crippen LogP contribution in [-0.4, -0.2) is 29.8 Å². The minimum atomic E-state index is -4.39. The number of Topliss-reactive ketones (excluding diaryl/α,β-unsaturated/α-hetero) is 1. The first-order valence-corrected chi connectivity index (χ1v) is 8.38. The second-order valence-corrected chi connectivity index (χ2v) is 6.53. The Hall–Kier alpha value is -2.67. The largest absolute Gasteiger partial charge is 0.484 e. The molecule has 27 heavy (non-hydrogen) atoms. The number of hydrogen-bond donors (Lipinski definition) is 0. The number of aryl methyl sites for hydroxylation is 1. The average Bonchev–Trinajstić information content (AvgIpc) is 2.97. The van der Waals surface area contributed by atoms with Crippen LogP contribution in [0.15, 0.2) is 42.5 Å². The highest BCUT2D eigenvalue weighted by Crippen LogP contribution is 2.35. The quantitative estimate of drug-likeness (QED) is 0.568. The van der Waals surface area contributed by atoms with Crippen LogP contribution >= 0.6 is 0 Å². The van der Waals surface area contributed by atoms with E-state index in [0.717, 1.165) is 16.7 Å². The van der Waals surface area contributed by atoms with Gasteiger partial charge in [0.05, 0.1) is 0 Å². The van der Waals surface area contributed by atoms with Gasteiger partial charge in [0.25, 0.3) is 0 Å². The third-order valence-electron chi connectivity index (χ3n) is 4.49. The molecule has 1 aliphatic rings. The van der Waals surface area contributed by atoms with Crippen LogP contribution < -0.4 is 4.74 Å². The molecule has 7 heteroatoms. The molecule has 4 nitrogen and oxygen atoms in total. The molecule has 2 aromatic rings. The van der Waals surface area contributed by atoms with Gasteiger partial charge in [-0.25, -0.2) is 0 Å². The number of ether oxygens (including phenoxy) is 1. The maximum atomic E-state index is 12.3. The molecule has 0 amide bonds. The zero-order valence-corrected chi connectivity index (χ0v) is 14.6. The monoisotopic (exact) mass is 377 g/mol. The Morgan fingerprint density at radius 3 is 2.67 bits per heavy atom. The van der Waals surface area contributed by atoms with E-state index in [1.807, 2.05) is 29.2 Å². The number of hydrogen-bond acceptors (Lipinski definition) is 4. The van der Waals surface area contributed by atoms with Gasteiger partial charge in [-0.05, 0) is 35.2 Å². The maximum absolute atomic E-state index is 12.3. The number of ketones is 1. The van der Waals surface area contributed by atoms with Crippen molar-refractivity contribution in [3.8, 4) is 5.75 Å². The van der Waals surface area contributed by atoms with Gasteiger partial charge in [0.1, 0.15) is 11.8 Å². The van der Waals surface area contributed by atoms with Crippen LogP contribution in [-0.2, 0) is 22.7 Å². The van der Waals surface area contributed by atoms with Gasteiger partial charge in [-0.2, -0.15) is 13.2 Å². The zero-order valence-electron chi connectivity index (χ0n) is 14.6. The summed E-state index contributed by atoms with van der Waals surface area (Å²) in [6.07, 6.45) is -4.06. The summed E-state index contributed by atoms with van der Waals surface area (Å²) >= 11 is 0. The lowest BCUT2D eigenvalue weighted by Crippen LogP contribution is -2.28. The van der Waals surface area contributed by atoms with Crippen molar-refractivity contribution in [2.75, 3.05) is 6.61 Å². The van der Waals surface area contributed by atoms with Gasteiger partial charge in [-0.15, -0.1) is 0 Å². The van der Waals surface area contributed by atoms with E-state index in [0.29, 0.717) is 24.9 Å². The van der Waals surface area contributed by atoms with Crippen molar-refractivity contribution >= 4 is 12.1 Å². The standard InChI is InChI=1S/C20H18F3NO3/c1-13-8-14(6-7-18(13)27-12-20(21,22)23)9-24-10-15-4-2-3-5-16(15)19(24)17(26)11-25/h2-8,11,19H,9-10,12H2,1H3. The van der Waals surface area contributed by atoms with Gasteiger partial charge in [-0.1, -0.05) is 36.4 Å². The van der Waals surface area contributed by atoms with E-state index in [4.69, 9.17) is 4.74 Å². The van der Waals surface area contributed by atoms with Crippen molar-refractivity contribution in [3.05, 3.63) is 64.7 Å². The van der Waals surface area contributed by atoms with Crippen molar-refractivity contribution < 1.29 is 27.5 Å². The third-order valence-corrected chi connectivity index (χ3v) is 4.49. The van der Waals surface area contributed by atoms with Crippen LogP contribution in [0.2, 0.25) is 0 Å². The second-order valence-electron chi connectivity index (χ2n) is 6.53. The van der Waals surface area contributed by atoms with Crippen molar-refractivity contribution in [1.29, 1.82) is 0 Å². The Morgan fingerprint density at radius 1 is 1.26 bits per heavy atom. The predicted octanol–water partition coefficient (Wildman–Crippen LogP) is 3.76. The normalized spacial score (nSPS) is 16.8. The van der Waals surface area contributed by atoms with E-state index >= 15 is 0 Å². The molecule has 0 spiro atoms. The zero-order chi connectivity index (χ0) is 19.6. The van der Waals surface area contributed by atoms with Crippen LogP contribution in [0, 0.1) is 6.92 Å². The second kappa shape index (κ2) is 7.52. The number of fused-ring (bicyclic) bond motifs is 1. The first kappa shape index (κ1) is 19.1. The summed E-state index contributed by atoms with van der Waals surface area (Å²) in [6, 6.07) is 11.7. The van der Waals surface area contributed by atoms with E-state index in [2.05, 4.69) is 0 Å². The predicted molar refractivity (Wildman–Crippen MR) is 92.2 cm³/mol. The molecular formula is C20H18F3NO3. The summed E-state index contributed by atoms with van der Waals surface area (Å²) in [7, 11) is 0. The van der Waals surface area contributed by atoms with E-state index < -0.39 is 24.6 Å². The summed E-state index contributed by atoms with van der Waals surface area (Å²) in [6.45, 7) is 1.23. The Bertz CT molecular complexity index is 864. The number of carbonyl (C=O) groups excluding carboxylic acids is 2. The molecule has 1 aliphatic heterocycles. The molecule has 0 saturated carbocycles. The molecule has 2 aromatic carbocycles. The Balaban J connectivity index is 1.77. The van der Waals surface area contributed by atoms with E-state index in [1.54, 1.807) is 19.1 Å². The Labute approximate surface area is 154 Å². The minimum absolute atomic E-state index is 0.168. The summed E-state index contributed by atoms with van der Waals surface area (Å²) in [4.78, 5) is 25.1. The number of rotatable bonds is 6. The molecule has 0 aliphatic carbocycles. The molecule has 0 fully saturated rings. The number of aldehydes is 1. The fourth-order valence-corrected chi connectivity index (χ4v) is 3.36. The SMILES string of the molecule is Cc1cc(CN2Cc3ccccc3C2C(=O)C=O)ccc1OCC(F)(F)F. The maximum Gasteiger partial charge on any atom is 0.422 e. The molecule has 1 heterocycles. The fourth-order valence-electron chi connectivity index (χ4n) is 3.36. The van der Waals surface area contributed by atoms with Gasteiger partial charge in [-0.3, -0.25) is 14.5 Å².